The number of piperidine rings is 2. The second-order valence-corrected chi connectivity index (χ2v) is 11.7. The summed E-state index contributed by atoms with van der Waals surface area (Å²) in [6.07, 6.45) is 1.60. The number of imide groups is 2. The monoisotopic (exact) mass is 602 g/mol. The number of hydrogen-bond donors (Lipinski definition) is 2. The van der Waals surface area contributed by atoms with Crippen LogP contribution < -0.4 is 10.6 Å². The first-order valence-corrected chi connectivity index (χ1v) is 14.9. The van der Waals surface area contributed by atoms with E-state index in [-0.39, 0.29) is 25.9 Å². The molecule has 6 atom stereocenters. The van der Waals surface area contributed by atoms with Gasteiger partial charge in [0.15, 0.2) is 0 Å². The number of carbonyl (C=O) groups is 6. The van der Waals surface area contributed by atoms with E-state index in [2.05, 4.69) is 10.6 Å². The zero-order valence-electron chi connectivity index (χ0n) is 24.5. The summed E-state index contributed by atoms with van der Waals surface area (Å²) in [5.41, 5.74) is -2.79. The Hall–Kier alpha value is -4.42. The average Bonchev–Trinajstić information content (AvgIpc) is 3.40. The molecule has 0 aromatic heterocycles. The molecule has 4 amide bonds. The molecule has 12 nitrogen and oxygen atoms in total. The van der Waals surface area contributed by atoms with Gasteiger partial charge in [-0.2, -0.15) is 0 Å². The number of amides is 4. The Morgan fingerprint density at radius 3 is 1.41 bits per heavy atom. The van der Waals surface area contributed by atoms with Crippen molar-refractivity contribution >= 4 is 35.6 Å². The van der Waals surface area contributed by atoms with Gasteiger partial charge < -0.3 is 9.47 Å². The number of likely N-dealkylation sites (tertiary alicyclic amines) is 2. The van der Waals surface area contributed by atoms with E-state index in [9.17, 15) is 28.8 Å². The molecule has 2 aromatic carbocycles. The summed E-state index contributed by atoms with van der Waals surface area (Å²) >= 11 is 0. The molecule has 2 aromatic rings. The number of esters is 2. The molecule has 4 aliphatic rings. The molecule has 4 saturated heterocycles. The first-order valence-electron chi connectivity index (χ1n) is 14.9. The summed E-state index contributed by atoms with van der Waals surface area (Å²) in [5, 5.41) is 5.79. The molecule has 0 saturated carbocycles. The Morgan fingerprint density at radius 1 is 0.682 bits per heavy atom. The van der Waals surface area contributed by atoms with Crippen LogP contribution in [0, 0.1) is 11.8 Å². The standard InChI is InChI=1S/C32H34N4O8/c1-19(21-11-5-3-6-12-21)35-25(37)23-15-9-17-33-31(23,29(35)41)43-27(39)28(40)44-32-24(16-10-18-34-32)26(38)36(30(32)42)20(2)22-13-7-4-8-14-22/h3-8,11-14,19-20,23-24,33-34H,9-10,15-18H2,1-2H3/t19-,20-,23-,24-,31-,32-/m0/s1. The van der Waals surface area contributed by atoms with Crippen molar-refractivity contribution in [3.63, 3.8) is 0 Å². The zero-order chi connectivity index (χ0) is 31.2. The minimum Gasteiger partial charge on any atom is -0.425 e. The lowest BCUT2D eigenvalue weighted by Gasteiger charge is -2.37. The van der Waals surface area contributed by atoms with Crippen LogP contribution in [-0.4, -0.2) is 69.9 Å². The molecule has 0 radical (unpaired) electrons. The van der Waals surface area contributed by atoms with E-state index >= 15 is 0 Å². The van der Waals surface area contributed by atoms with E-state index in [1.165, 1.54) is 0 Å². The highest BCUT2D eigenvalue weighted by Gasteiger charge is 2.67. The van der Waals surface area contributed by atoms with E-state index in [1.807, 2.05) is 12.1 Å². The van der Waals surface area contributed by atoms with Crippen LogP contribution in [-0.2, 0) is 38.2 Å². The first-order chi connectivity index (χ1) is 21.1. The normalized spacial score (nSPS) is 29.6. The van der Waals surface area contributed by atoms with Crippen molar-refractivity contribution in [3.8, 4) is 0 Å². The highest BCUT2D eigenvalue weighted by Crippen LogP contribution is 2.43. The number of carbonyl (C=O) groups excluding carboxylic acids is 6. The molecule has 0 unspecified atom stereocenters. The maximum Gasteiger partial charge on any atom is 0.419 e. The van der Waals surface area contributed by atoms with Crippen LogP contribution in [0.4, 0.5) is 0 Å². The van der Waals surface area contributed by atoms with Crippen molar-refractivity contribution in [1.29, 1.82) is 0 Å². The summed E-state index contributed by atoms with van der Waals surface area (Å²) in [6.45, 7) is 3.92. The minimum absolute atomic E-state index is 0.255. The van der Waals surface area contributed by atoms with Crippen molar-refractivity contribution in [2.75, 3.05) is 13.1 Å². The third-order valence-corrected chi connectivity index (χ3v) is 9.25. The molecule has 12 heteroatoms. The zero-order valence-corrected chi connectivity index (χ0v) is 24.5. The minimum atomic E-state index is -2.10. The second kappa shape index (κ2) is 11.3. The highest BCUT2D eigenvalue weighted by atomic mass is 16.6. The lowest BCUT2D eigenvalue weighted by Crippen LogP contribution is -2.63. The molecule has 4 fully saturated rings. The Morgan fingerprint density at radius 2 is 1.05 bits per heavy atom. The summed E-state index contributed by atoms with van der Waals surface area (Å²) in [7, 11) is 0. The largest absolute Gasteiger partial charge is 0.425 e. The number of nitrogens with one attached hydrogen (secondary N) is 2. The van der Waals surface area contributed by atoms with E-state index in [0.717, 1.165) is 9.80 Å². The molecular formula is C32H34N4O8. The van der Waals surface area contributed by atoms with E-state index in [1.54, 1.807) is 62.4 Å². The molecule has 4 aliphatic heterocycles. The molecule has 230 valence electrons. The van der Waals surface area contributed by atoms with Crippen LogP contribution in [0.15, 0.2) is 60.7 Å². The highest BCUT2D eigenvalue weighted by molar-refractivity contribution is 6.31. The number of rotatable bonds is 6. The lowest BCUT2D eigenvalue weighted by atomic mass is 9.89. The van der Waals surface area contributed by atoms with E-state index in [0.29, 0.717) is 24.0 Å². The van der Waals surface area contributed by atoms with Gasteiger partial charge in [-0.15, -0.1) is 0 Å². The SMILES string of the molecule is C[C@@H](c1ccccc1)N1C(=O)[C@@H]2CCCN[C@@]2(OC(=O)C(=O)O[C@@]23NCCC[C@H]2C(=O)N([C@@H](C)c2ccccc2)C3=O)C1=O. The lowest BCUT2D eigenvalue weighted by molar-refractivity contribution is -0.200. The van der Waals surface area contributed by atoms with Crippen LogP contribution in [0.2, 0.25) is 0 Å². The van der Waals surface area contributed by atoms with Crippen LogP contribution in [0.25, 0.3) is 0 Å². The van der Waals surface area contributed by atoms with Crippen molar-refractivity contribution in [1.82, 2.24) is 20.4 Å². The van der Waals surface area contributed by atoms with Gasteiger partial charge >= 0.3 is 11.9 Å². The topological polar surface area (TPSA) is 151 Å². The smallest absolute Gasteiger partial charge is 0.419 e. The number of benzene rings is 2. The molecule has 44 heavy (non-hydrogen) atoms. The van der Waals surface area contributed by atoms with Gasteiger partial charge in [0.2, 0.25) is 11.8 Å². The summed E-state index contributed by atoms with van der Waals surface area (Å²) in [4.78, 5) is 83.7. The van der Waals surface area contributed by atoms with Gasteiger partial charge in [-0.25, -0.2) is 9.59 Å². The number of ether oxygens (including phenoxy) is 2. The number of hydrogen-bond acceptors (Lipinski definition) is 10. The first kappa shape index (κ1) is 29.6. The number of fused-ring (bicyclic) bond motifs is 2. The van der Waals surface area contributed by atoms with E-state index < -0.39 is 70.9 Å². The Kier molecular flexibility index (Phi) is 7.58. The van der Waals surface area contributed by atoms with Gasteiger partial charge in [0.05, 0.1) is 12.1 Å². The van der Waals surface area contributed by atoms with E-state index in [4.69, 9.17) is 9.47 Å². The predicted molar refractivity (Wildman–Crippen MR) is 153 cm³/mol. The summed E-state index contributed by atoms with van der Waals surface area (Å²) in [6, 6.07) is 16.6. The van der Waals surface area contributed by atoms with Gasteiger partial charge in [0.1, 0.15) is 11.8 Å². The van der Waals surface area contributed by atoms with Gasteiger partial charge in [-0.05, 0) is 63.7 Å². The van der Waals surface area contributed by atoms with Crippen LogP contribution in [0.3, 0.4) is 0 Å². The summed E-state index contributed by atoms with van der Waals surface area (Å²) < 4.78 is 11.2. The Labute approximate surface area is 254 Å². The molecule has 0 spiro atoms. The van der Waals surface area contributed by atoms with Crippen LogP contribution in [0.1, 0.15) is 62.7 Å². The van der Waals surface area contributed by atoms with Gasteiger partial charge in [-0.1, -0.05) is 60.7 Å². The average molecular weight is 603 g/mol. The second-order valence-electron chi connectivity index (χ2n) is 11.7. The summed E-state index contributed by atoms with van der Waals surface area (Å²) in [5.74, 6) is -7.81. The van der Waals surface area contributed by atoms with Crippen LogP contribution in [0.5, 0.6) is 0 Å². The van der Waals surface area contributed by atoms with Gasteiger partial charge in [0, 0.05) is 0 Å². The fourth-order valence-electron chi connectivity index (χ4n) is 6.92. The Bertz CT molecular complexity index is 1400. The molecule has 6 rings (SSSR count). The number of nitrogens with zero attached hydrogens (tertiary/aromatic N) is 2. The van der Waals surface area contributed by atoms with Crippen molar-refractivity contribution < 1.29 is 38.2 Å². The molecule has 0 bridgehead atoms. The third kappa shape index (κ3) is 4.51. The Balaban J connectivity index is 1.25. The van der Waals surface area contributed by atoms with Crippen molar-refractivity contribution in [2.45, 2.75) is 63.1 Å². The van der Waals surface area contributed by atoms with Gasteiger partial charge in [0.25, 0.3) is 23.3 Å². The van der Waals surface area contributed by atoms with Crippen LogP contribution >= 0.6 is 0 Å². The fraction of sp³-hybridized carbons (Fsp3) is 0.438. The quantitative estimate of drug-likeness (QED) is 0.284. The fourth-order valence-corrected chi connectivity index (χ4v) is 6.92. The maximum absolute atomic E-state index is 13.9. The van der Waals surface area contributed by atoms with Crippen molar-refractivity contribution in [3.05, 3.63) is 71.8 Å². The third-order valence-electron chi connectivity index (χ3n) is 9.25. The molecular weight excluding hydrogens is 568 g/mol. The van der Waals surface area contributed by atoms with Gasteiger partial charge in [-0.3, -0.25) is 39.6 Å². The molecule has 4 heterocycles. The molecule has 0 aliphatic carbocycles. The molecule has 2 N–H and O–H groups in total. The maximum atomic E-state index is 13.9. The predicted octanol–water partition coefficient (Wildman–Crippen LogP) is 1.72. The van der Waals surface area contributed by atoms with Crippen molar-refractivity contribution in [2.24, 2.45) is 11.8 Å².